The Morgan fingerprint density at radius 3 is 2.28 bits per heavy atom. The van der Waals surface area contributed by atoms with Crippen molar-refractivity contribution in [3.63, 3.8) is 0 Å². The maximum absolute atomic E-state index is 13.5. The molecular formula is C29H27F3N2O5. The summed E-state index contributed by atoms with van der Waals surface area (Å²) in [5.41, 5.74) is 1.35. The molecule has 0 saturated carbocycles. The molecule has 2 amide bonds. The number of ether oxygens (including phenoxy) is 2. The molecule has 10 heteroatoms. The number of nitrogens with one attached hydrogen (secondary N) is 1. The fourth-order valence-corrected chi connectivity index (χ4v) is 4.55. The number of methoxy groups -OCH3 is 1. The van der Waals surface area contributed by atoms with Crippen molar-refractivity contribution in [2.45, 2.75) is 44.3 Å². The monoisotopic (exact) mass is 540 g/mol. The first kappa shape index (κ1) is 27.7. The molecule has 1 heterocycles. The zero-order chi connectivity index (χ0) is 28.0. The summed E-state index contributed by atoms with van der Waals surface area (Å²) in [7, 11) is 1.08. The molecule has 0 unspecified atom stereocenters. The van der Waals surface area contributed by atoms with Gasteiger partial charge < -0.3 is 14.8 Å². The van der Waals surface area contributed by atoms with Gasteiger partial charge in [0, 0.05) is 12.8 Å². The van der Waals surface area contributed by atoms with Gasteiger partial charge in [-0.05, 0) is 28.3 Å². The first-order valence-electron chi connectivity index (χ1n) is 12.2. The van der Waals surface area contributed by atoms with Crippen LogP contribution in [0.5, 0.6) is 0 Å². The molecule has 4 rings (SSSR count). The van der Waals surface area contributed by atoms with Crippen molar-refractivity contribution < 1.29 is 37.0 Å². The average molecular weight is 541 g/mol. The van der Waals surface area contributed by atoms with Crippen molar-refractivity contribution in [1.82, 2.24) is 10.2 Å². The second-order valence-electron chi connectivity index (χ2n) is 9.10. The Labute approximate surface area is 223 Å². The van der Waals surface area contributed by atoms with E-state index >= 15 is 0 Å². The third-order valence-electron chi connectivity index (χ3n) is 6.54. The van der Waals surface area contributed by atoms with Gasteiger partial charge in [-0.15, -0.1) is 0 Å². The van der Waals surface area contributed by atoms with Crippen molar-refractivity contribution >= 4 is 18.0 Å². The van der Waals surface area contributed by atoms with E-state index in [-0.39, 0.29) is 25.1 Å². The SMILES string of the molecule is COC(=O)[C@@H](Cc1ccccc1C(F)(F)F)NC(=O)[C@@H]1Cc2ccccc2CN1C(=O)OCc1ccccc1. The van der Waals surface area contributed by atoms with Gasteiger partial charge >= 0.3 is 18.2 Å². The molecule has 0 bridgehead atoms. The van der Waals surface area contributed by atoms with Crippen molar-refractivity contribution in [2.75, 3.05) is 7.11 Å². The maximum atomic E-state index is 13.5. The number of hydrogen-bond acceptors (Lipinski definition) is 5. The summed E-state index contributed by atoms with van der Waals surface area (Å²) in [5.74, 6) is -1.62. The number of carbonyl (C=O) groups is 3. The molecule has 3 aromatic rings. The zero-order valence-electron chi connectivity index (χ0n) is 21.1. The van der Waals surface area contributed by atoms with Crippen LogP contribution >= 0.6 is 0 Å². The van der Waals surface area contributed by atoms with E-state index in [4.69, 9.17) is 9.47 Å². The standard InChI is InChI=1S/C29H27F3N2O5/c1-38-27(36)24(15-21-12-7-8-14-23(21)29(30,31)32)33-26(35)25-16-20-11-5-6-13-22(20)17-34(25)28(37)39-18-19-9-3-2-4-10-19/h2-14,24-25H,15-18H2,1H3,(H,33,35)/t24-,25+/m1/s1. The fraction of sp³-hybridized carbons (Fsp3) is 0.276. The van der Waals surface area contributed by atoms with Crippen LogP contribution in [-0.4, -0.2) is 42.1 Å². The summed E-state index contributed by atoms with van der Waals surface area (Å²) >= 11 is 0. The van der Waals surface area contributed by atoms with E-state index in [0.29, 0.717) is 0 Å². The van der Waals surface area contributed by atoms with Crippen LogP contribution in [0.25, 0.3) is 0 Å². The maximum Gasteiger partial charge on any atom is 0.416 e. The quantitative estimate of drug-likeness (QED) is 0.441. The Bertz CT molecular complexity index is 1330. The highest BCUT2D eigenvalue weighted by molar-refractivity contribution is 5.90. The molecule has 0 saturated heterocycles. The van der Waals surface area contributed by atoms with Crippen LogP contribution in [0, 0.1) is 0 Å². The van der Waals surface area contributed by atoms with Gasteiger partial charge in [-0.2, -0.15) is 13.2 Å². The molecular weight excluding hydrogens is 513 g/mol. The third-order valence-corrected chi connectivity index (χ3v) is 6.54. The summed E-state index contributed by atoms with van der Waals surface area (Å²) in [6.07, 6.45) is -5.69. The van der Waals surface area contributed by atoms with Crippen LogP contribution in [0.2, 0.25) is 0 Å². The van der Waals surface area contributed by atoms with Gasteiger partial charge in [-0.25, -0.2) is 9.59 Å². The lowest BCUT2D eigenvalue weighted by molar-refractivity contribution is -0.146. The minimum absolute atomic E-state index is 0.00876. The zero-order valence-corrected chi connectivity index (χ0v) is 21.1. The van der Waals surface area contributed by atoms with Gasteiger partial charge in [0.2, 0.25) is 5.91 Å². The lowest BCUT2D eigenvalue weighted by Gasteiger charge is -2.35. The smallest absolute Gasteiger partial charge is 0.416 e. The number of carbonyl (C=O) groups excluding carboxylic acids is 3. The van der Waals surface area contributed by atoms with Crippen molar-refractivity contribution in [3.8, 4) is 0 Å². The average Bonchev–Trinajstić information content (AvgIpc) is 2.94. The Morgan fingerprint density at radius 1 is 0.949 bits per heavy atom. The fourth-order valence-electron chi connectivity index (χ4n) is 4.55. The second-order valence-corrected chi connectivity index (χ2v) is 9.10. The number of halogens is 3. The summed E-state index contributed by atoms with van der Waals surface area (Å²) < 4.78 is 50.9. The van der Waals surface area contributed by atoms with E-state index < -0.39 is 48.2 Å². The first-order valence-corrected chi connectivity index (χ1v) is 12.2. The van der Waals surface area contributed by atoms with Gasteiger partial charge in [0.15, 0.2) is 0 Å². The highest BCUT2D eigenvalue weighted by Gasteiger charge is 2.39. The van der Waals surface area contributed by atoms with Gasteiger partial charge in [-0.1, -0.05) is 72.8 Å². The molecule has 39 heavy (non-hydrogen) atoms. The molecule has 0 fully saturated rings. The normalized spacial score (nSPS) is 15.6. The minimum atomic E-state index is -4.65. The van der Waals surface area contributed by atoms with E-state index in [2.05, 4.69) is 5.32 Å². The molecule has 2 atom stereocenters. The largest absolute Gasteiger partial charge is 0.467 e. The number of amides is 2. The summed E-state index contributed by atoms with van der Waals surface area (Å²) in [5, 5.41) is 2.52. The lowest BCUT2D eigenvalue weighted by atomic mass is 9.93. The van der Waals surface area contributed by atoms with E-state index in [9.17, 15) is 27.6 Å². The van der Waals surface area contributed by atoms with Crippen LogP contribution in [0.15, 0.2) is 78.9 Å². The highest BCUT2D eigenvalue weighted by Crippen LogP contribution is 2.32. The van der Waals surface area contributed by atoms with Crippen LogP contribution in [0.1, 0.15) is 27.8 Å². The summed E-state index contributed by atoms with van der Waals surface area (Å²) in [6.45, 7) is 0.0762. The number of rotatable bonds is 7. The Balaban J connectivity index is 1.56. The predicted molar refractivity (Wildman–Crippen MR) is 135 cm³/mol. The van der Waals surface area contributed by atoms with E-state index in [0.717, 1.165) is 29.9 Å². The first-order chi connectivity index (χ1) is 18.7. The van der Waals surface area contributed by atoms with Gasteiger partial charge in [-0.3, -0.25) is 9.69 Å². The second kappa shape index (κ2) is 12.0. The molecule has 1 aliphatic heterocycles. The molecule has 204 valence electrons. The van der Waals surface area contributed by atoms with Crippen molar-refractivity contribution in [2.24, 2.45) is 0 Å². The van der Waals surface area contributed by atoms with Crippen molar-refractivity contribution in [1.29, 1.82) is 0 Å². The molecule has 7 nitrogen and oxygen atoms in total. The molecule has 0 radical (unpaired) electrons. The number of fused-ring (bicyclic) bond motifs is 1. The molecule has 0 spiro atoms. The van der Waals surface area contributed by atoms with Crippen molar-refractivity contribution in [3.05, 3.63) is 107 Å². The predicted octanol–water partition coefficient (Wildman–Crippen LogP) is 4.67. The van der Waals surface area contributed by atoms with Crippen LogP contribution in [0.3, 0.4) is 0 Å². The molecule has 3 aromatic carbocycles. The highest BCUT2D eigenvalue weighted by atomic mass is 19.4. The van der Waals surface area contributed by atoms with Gasteiger partial charge in [0.25, 0.3) is 0 Å². The van der Waals surface area contributed by atoms with Gasteiger partial charge in [0.05, 0.1) is 19.2 Å². The van der Waals surface area contributed by atoms with E-state index in [1.54, 1.807) is 24.3 Å². The number of alkyl halides is 3. The minimum Gasteiger partial charge on any atom is -0.467 e. The Kier molecular flexibility index (Phi) is 8.53. The number of nitrogens with zero attached hydrogens (tertiary/aromatic N) is 1. The summed E-state index contributed by atoms with van der Waals surface area (Å²) in [6, 6.07) is 18.7. The molecule has 1 aliphatic rings. The van der Waals surface area contributed by atoms with E-state index in [1.165, 1.54) is 23.1 Å². The molecule has 0 aromatic heterocycles. The van der Waals surface area contributed by atoms with E-state index in [1.807, 2.05) is 30.3 Å². The van der Waals surface area contributed by atoms with Crippen LogP contribution < -0.4 is 5.32 Å². The Hall–Kier alpha value is -4.34. The van der Waals surface area contributed by atoms with Gasteiger partial charge in [0.1, 0.15) is 18.7 Å². The number of hydrogen-bond donors (Lipinski definition) is 1. The van der Waals surface area contributed by atoms with Crippen LogP contribution in [-0.2, 0) is 51.2 Å². The molecule has 1 N–H and O–H groups in total. The number of benzene rings is 3. The lowest BCUT2D eigenvalue weighted by Crippen LogP contribution is -2.56. The molecule has 0 aliphatic carbocycles. The van der Waals surface area contributed by atoms with Crippen LogP contribution in [0.4, 0.5) is 18.0 Å². The summed E-state index contributed by atoms with van der Waals surface area (Å²) in [4.78, 5) is 40.4. The number of esters is 1. The Morgan fingerprint density at radius 2 is 1.59 bits per heavy atom. The third kappa shape index (κ3) is 6.76. The topological polar surface area (TPSA) is 84.9 Å².